The van der Waals surface area contributed by atoms with Gasteiger partial charge in [0.15, 0.2) is 0 Å². The Bertz CT molecular complexity index is 1140. The van der Waals surface area contributed by atoms with Gasteiger partial charge >= 0.3 is 0 Å². The Morgan fingerprint density at radius 2 is 1.42 bits per heavy atom. The summed E-state index contributed by atoms with van der Waals surface area (Å²) in [5, 5.41) is 3.33. The van der Waals surface area contributed by atoms with Gasteiger partial charge in [-0.2, -0.15) is 0 Å². The topological polar surface area (TPSA) is 26.6 Å². The van der Waals surface area contributed by atoms with Gasteiger partial charge in [-0.05, 0) is 85.1 Å². The zero-order valence-corrected chi connectivity index (χ0v) is 19.5. The summed E-state index contributed by atoms with van der Waals surface area (Å²) < 4.78 is 14.3. The highest BCUT2D eigenvalue weighted by Crippen LogP contribution is 2.26. The van der Waals surface area contributed by atoms with Gasteiger partial charge in [-0.1, -0.05) is 35.9 Å². The van der Waals surface area contributed by atoms with Crippen LogP contribution in [0.25, 0.3) is 10.8 Å². The Hall–Kier alpha value is -2.95. The third kappa shape index (κ3) is 5.70. The summed E-state index contributed by atoms with van der Waals surface area (Å²) in [7, 11) is 0. The maximum atomic E-state index is 6.13. The van der Waals surface area contributed by atoms with Crippen LogP contribution >= 0.6 is 11.6 Å². The lowest BCUT2D eigenvalue weighted by Gasteiger charge is -2.24. The van der Waals surface area contributed by atoms with Crippen LogP contribution in [0, 0.1) is 0 Å². The van der Waals surface area contributed by atoms with Crippen molar-refractivity contribution in [1.82, 2.24) is 9.47 Å². The van der Waals surface area contributed by atoms with Crippen molar-refractivity contribution < 1.29 is 9.47 Å². The fourth-order valence-corrected chi connectivity index (χ4v) is 4.67. The van der Waals surface area contributed by atoms with Crippen molar-refractivity contribution in [2.45, 2.75) is 31.8 Å². The summed E-state index contributed by atoms with van der Waals surface area (Å²) in [6.07, 6.45) is 8.09. The number of hydrogen-bond acceptors (Lipinski definition) is 3. The molecule has 0 saturated carbocycles. The molecule has 0 radical (unpaired) electrons. The molecule has 0 amide bonds. The van der Waals surface area contributed by atoms with Crippen LogP contribution in [0.3, 0.4) is 0 Å². The molecule has 1 saturated heterocycles. The van der Waals surface area contributed by atoms with Gasteiger partial charge in [-0.3, -0.25) is 4.90 Å². The van der Waals surface area contributed by atoms with Crippen LogP contribution in [-0.4, -0.2) is 35.2 Å². The number of rotatable bonds is 9. The summed E-state index contributed by atoms with van der Waals surface area (Å²) in [5.41, 5.74) is 0. The molecular formula is C28H29ClN2O2. The van der Waals surface area contributed by atoms with E-state index in [9.17, 15) is 0 Å². The normalized spacial score (nSPS) is 16.3. The molecule has 2 heterocycles. The monoisotopic (exact) mass is 460 g/mol. The molecule has 1 aliphatic rings. The van der Waals surface area contributed by atoms with E-state index in [0.717, 1.165) is 49.9 Å². The second-order valence-electron chi connectivity index (χ2n) is 8.65. The van der Waals surface area contributed by atoms with Crippen LogP contribution < -0.4 is 9.47 Å². The predicted octanol–water partition coefficient (Wildman–Crippen LogP) is 7.02. The van der Waals surface area contributed by atoms with E-state index in [1.54, 1.807) is 0 Å². The Morgan fingerprint density at radius 3 is 2.12 bits per heavy atom. The molecule has 1 atom stereocenters. The molecule has 0 N–H and O–H groups in total. The van der Waals surface area contributed by atoms with Crippen molar-refractivity contribution in [2.75, 3.05) is 19.7 Å². The number of nitrogens with zero attached hydrogens (tertiary/aromatic N) is 2. The molecule has 0 spiro atoms. The molecule has 1 fully saturated rings. The maximum Gasteiger partial charge on any atom is 0.127 e. The average Bonchev–Trinajstić information content (AvgIpc) is 3.46. The molecule has 33 heavy (non-hydrogen) atoms. The lowest BCUT2D eigenvalue weighted by Crippen LogP contribution is -2.35. The Kier molecular flexibility index (Phi) is 6.84. The van der Waals surface area contributed by atoms with Crippen molar-refractivity contribution in [1.29, 1.82) is 0 Å². The Labute approximate surface area is 200 Å². The van der Waals surface area contributed by atoms with Crippen molar-refractivity contribution in [3.05, 3.63) is 90.2 Å². The molecule has 1 aromatic heterocycles. The van der Waals surface area contributed by atoms with Crippen LogP contribution in [0.4, 0.5) is 0 Å². The predicted molar refractivity (Wildman–Crippen MR) is 135 cm³/mol. The summed E-state index contributed by atoms with van der Waals surface area (Å²) in [6, 6.07) is 24.2. The number of benzene rings is 3. The second-order valence-corrected chi connectivity index (χ2v) is 9.09. The van der Waals surface area contributed by atoms with Crippen molar-refractivity contribution in [3.63, 3.8) is 0 Å². The zero-order chi connectivity index (χ0) is 22.5. The van der Waals surface area contributed by atoms with E-state index >= 15 is 0 Å². The maximum absolute atomic E-state index is 6.13. The lowest BCUT2D eigenvalue weighted by molar-refractivity contribution is 0.169. The summed E-state index contributed by atoms with van der Waals surface area (Å²) >= 11 is 5.93. The molecule has 1 aliphatic heterocycles. The van der Waals surface area contributed by atoms with Gasteiger partial charge < -0.3 is 14.0 Å². The number of hydrogen-bond donors (Lipinski definition) is 0. The van der Waals surface area contributed by atoms with Crippen LogP contribution in [0.15, 0.2) is 85.2 Å². The first-order chi connectivity index (χ1) is 16.2. The quantitative estimate of drug-likeness (QED) is 0.268. The van der Waals surface area contributed by atoms with Gasteiger partial charge in [0.2, 0.25) is 0 Å². The van der Waals surface area contributed by atoms with Crippen LogP contribution in [0.2, 0.25) is 5.02 Å². The number of fused-ring (bicyclic) bond motifs is 1. The second kappa shape index (κ2) is 10.3. The van der Waals surface area contributed by atoms with Gasteiger partial charge in [0, 0.05) is 36.5 Å². The van der Waals surface area contributed by atoms with Gasteiger partial charge in [0.05, 0.1) is 0 Å². The van der Waals surface area contributed by atoms with Gasteiger partial charge in [0.25, 0.3) is 0 Å². The summed E-state index contributed by atoms with van der Waals surface area (Å²) in [5.74, 6) is 2.43. The summed E-state index contributed by atoms with van der Waals surface area (Å²) in [4.78, 5) is 2.58. The van der Waals surface area contributed by atoms with Gasteiger partial charge in [0.1, 0.15) is 23.9 Å². The highest BCUT2D eigenvalue weighted by molar-refractivity contribution is 6.30. The highest BCUT2D eigenvalue weighted by Gasteiger charge is 2.24. The van der Waals surface area contributed by atoms with E-state index in [-0.39, 0.29) is 0 Å². The fourth-order valence-electron chi connectivity index (χ4n) is 4.54. The summed E-state index contributed by atoms with van der Waals surface area (Å²) in [6.45, 7) is 4.05. The first-order valence-corrected chi connectivity index (χ1v) is 12.1. The standard InChI is InChI=1S/C28H29ClN2O2/c29-24-8-10-27(11-9-24)33-28-14-12-26(13-15-28)32-21-25-7-3-17-31(25)18-4-16-30-19-22-5-1-2-6-23(22)20-30/h1-2,5-6,8-15,19-20,25H,3-4,7,16-18,21H2/t25-/m0/s1. The minimum Gasteiger partial charge on any atom is -0.492 e. The van der Waals surface area contributed by atoms with Crippen LogP contribution in [-0.2, 0) is 6.54 Å². The minimum atomic E-state index is 0.485. The van der Waals surface area contributed by atoms with E-state index in [2.05, 4.69) is 46.1 Å². The number of aromatic nitrogens is 1. The molecular weight excluding hydrogens is 432 g/mol. The lowest BCUT2D eigenvalue weighted by atomic mass is 10.2. The van der Waals surface area contributed by atoms with Gasteiger partial charge in [-0.25, -0.2) is 0 Å². The highest BCUT2D eigenvalue weighted by atomic mass is 35.5. The van der Waals surface area contributed by atoms with Crippen LogP contribution in [0.1, 0.15) is 19.3 Å². The third-order valence-corrected chi connectivity index (χ3v) is 6.53. The SMILES string of the molecule is Clc1ccc(Oc2ccc(OC[C@@H]3CCCN3CCCn3cc4ccccc4c3)cc2)cc1. The number of halogens is 1. The first-order valence-electron chi connectivity index (χ1n) is 11.7. The molecule has 5 rings (SSSR count). The van der Waals surface area contributed by atoms with E-state index in [1.165, 1.54) is 23.6 Å². The minimum absolute atomic E-state index is 0.485. The largest absolute Gasteiger partial charge is 0.492 e. The van der Waals surface area contributed by atoms with Crippen LogP contribution in [0.5, 0.6) is 17.2 Å². The molecule has 4 aromatic rings. The Morgan fingerprint density at radius 1 is 0.788 bits per heavy atom. The van der Waals surface area contributed by atoms with E-state index in [4.69, 9.17) is 21.1 Å². The van der Waals surface area contributed by atoms with E-state index < -0.39 is 0 Å². The van der Waals surface area contributed by atoms with Crippen molar-refractivity contribution >= 4 is 22.4 Å². The fraction of sp³-hybridized carbons (Fsp3) is 0.286. The molecule has 0 unspecified atom stereocenters. The number of likely N-dealkylation sites (tertiary alicyclic amines) is 1. The number of ether oxygens (including phenoxy) is 2. The number of aryl methyl sites for hydroxylation is 1. The molecule has 0 bridgehead atoms. The van der Waals surface area contributed by atoms with Gasteiger partial charge in [-0.15, -0.1) is 0 Å². The molecule has 0 aliphatic carbocycles. The Balaban J connectivity index is 1.08. The average molecular weight is 461 g/mol. The zero-order valence-electron chi connectivity index (χ0n) is 18.7. The molecule has 5 heteroatoms. The smallest absolute Gasteiger partial charge is 0.127 e. The van der Waals surface area contributed by atoms with E-state index in [0.29, 0.717) is 11.1 Å². The molecule has 4 nitrogen and oxygen atoms in total. The van der Waals surface area contributed by atoms with Crippen molar-refractivity contribution in [2.24, 2.45) is 0 Å². The molecule has 170 valence electrons. The van der Waals surface area contributed by atoms with E-state index in [1.807, 2.05) is 48.5 Å². The first kappa shape index (κ1) is 21.9. The molecule has 3 aromatic carbocycles. The third-order valence-electron chi connectivity index (χ3n) is 6.28. The van der Waals surface area contributed by atoms with Crippen molar-refractivity contribution in [3.8, 4) is 17.2 Å².